The molecule has 0 aliphatic heterocycles. The topological polar surface area (TPSA) is 24.1 Å². The van der Waals surface area contributed by atoms with E-state index in [4.69, 9.17) is 0 Å². The van der Waals surface area contributed by atoms with Crippen molar-refractivity contribution in [3.05, 3.63) is 42.6 Å². The van der Waals surface area contributed by atoms with E-state index in [1.807, 2.05) is 7.05 Å². The van der Waals surface area contributed by atoms with E-state index >= 15 is 0 Å². The maximum atomic E-state index is 3.63. The van der Waals surface area contributed by atoms with Gasteiger partial charge in [0.15, 0.2) is 0 Å². The lowest BCUT2D eigenvalue weighted by molar-refractivity contribution is 0.655. The molecule has 1 rings (SSSR count). The number of hydrogen-bond donors (Lipinski definition) is 2. The zero-order valence-corrected chi connectivity index (χ0v) is 10.1. The molecule has 0 unspecified atom stereocenters. The predicted octanol–water partition coefficient (Wildman–Crippen LogP) is 3.17. The monoisotopic (exact) mass is 218 g/mol. The summed E-state index contributed by atoms with van der Waals surface area (Å²) in [6, 6.07) is 8.67. The Bertz CT molecular complexity index is 290. The lowest BCUT2D eigenvalue weighted by atomic mass is 10.1. The van der Waals surface area contributed by atoms with Crippen LogP contribution in [-0.2, 0) is 6.42 Å². The molecule has 0 atom stereocenters. The van der Waals surface area contributed by atoms with Crippen molar-refractivity contribution >= 4 is 5.69 Å². The number of anilines is 1. The van der Waals surface area contributed by atoms with Crippen molar-refractivity contribution < 1.29 is 0 Å². The summed E-state index contributed by atoms with van der Waals surface area (Å²) in [5, 5.41) is 6.24. The highest BCUT2D eigenvalue weighted by atomic mass is 14.8. The second-order valence-electron chi connectivity index (χ2n) is 3.92. The van der Waals surface area contributed by atoms with Gasteiger partial charge in [0.25, 0.3) is 0 Å². The summed E-state index contributed by atoms with van der Waals surface area (Å²) in [7, 11) is 1.95. The Morgan fingerprint density at radius 3 is 2.50 bits per heavy atom. The van der Waals surface area contributed by atoms with Crippen LogP contribution in [0, 0.1) is 0 Å². The summed E-state index contributed by atoms with van der Waals surface area (Å²) in [6.45, 7) is 4.67. The molecule has 0 saturated carbocycles. The van der Waals surface area contributed by atoms with Gasteiger partial charge in [-0.1, -0.05) is 25.1 Å². The zero-order valence-electron chi connectivity index (χ0n) is 10.1. The molecule has 2 nitrogen and oxygen atoms in total. The van der Waals surface area contributed by atoms with Crippen LogP contribution in [0.15, 0.2) is 37.0 Å². The van der Waals surface area contributed by atoms with E-state index in [0.29, 0.717) is 0 Å². The quantitative estimate of drug-likeness (QED) is 0.655. The number of nitrogens with one attached hydrogen (secondary N) is 2. The molecule has 0 aliphatic carbocycles. The number of rotatable bonds is 8. The Hall–Kier alpha value is -1.44. The third-order valence-corrected chi connectivity index (χ3v) is 2.67. The number of benzene rings is 1. The minimum absolute atomic E-state index is 1.04. The highest BCUT2D eigenvalue weighted by Gasteiger charge is 1.94. The van der Waals surface area contributed by atoms with E-state index in [9.17, 15) is 0 Å². The van der Waals surface area contributed by atoms with Crippen molar-refractivity contribution in [3.63, 3.8) is 0 Å². The molecule has 0 spiro atoms. The fraction of sp³-hybridized carbons (Fsp3) is 0.429. The van der Waals surface area contributed by atoms with Gasteiger partial charge in [0.2, 0.25) is 0 Å². The molecule has 0 radical (unpaired) electrons. The minimum atomic E-state index is 1.04. The zero-order chi connectivity index (χ0) is 11.6. The molecular formula is C14H22N2. The van der Waals surface area contributed by atoms with Crippen molar-refractivity contribution in [3.8, 4) is 0 Å². The van der Waals surface area contributed by atoms with E-state index in [-0.39, 0.29) is 0 Å². The normalized spacial score (nSPS) is 9.81. The fourth-order valence-electron chi connectivity index (χ4n) is 1.67. The molecule has 88 valence electrons. The smallest absolute Gasteiger partial charge is 0.0337 e. The van der Waals surface area contributed by atoms with Crippen LogP contribution in [0.4, 0.5) is 5.69 Å². The SMILES string of the molecule is C=CNCCCCCc1ccc(NC)cc1. The Labute approximate surface area is 98.8 Å². The first-order valence-electron chi connectivity index (χ1n) is 5.98. The Morgan fingerprint density at radius 1 is 1.12 bits per heavy atom. The average Bonchev–Trinajstić information content (AvgIpc) is 2.34. The maximum absolute atomic E-state index is 3.63. The number of aryl methyl sites for hydroxylation is 1. The molecule has 0 heterocycles. The van der Waals surface area contributed by atoms with Gasteiger partial charge < -0.3 is 10.6 Å². The molecule has 0 aromatic heterocycles. The van der Waals surface area contributed by atoms with Gasteiger partial charge in [-0.15, -0.1) is 0 Å². The maximum Gasteiger partial charge on any atom is 0.0337 e. The van der Waals surface area contributed by atoms with E-state index in [1.165, 1.54) is 36.9 Å². The summed E-state index contributed by atoms with van der Waals surface area (Å²) < 4.78 is 0. The van der Waals surface area contributed by atoms with E-state index in [1.54, 1.807) is 6.20 Å². The second kappa shape index (κ2) is 7.80. The van der Waals surface area contributed by atoms with Gasteiger partial charge in [0, 0.05) is 19.3 Å². The summed E-state index contributed by atoms with van der Waals surface area (Å²) in [5.41, 5.74) is 2.61. The van der Waals surface area contributed by atoms with Gasteiger partial charge in [-0.3, -0.25) is 0 Å². The first-order chi connectivity index (χ1) is 7.86. The molecule has 0 bridgehead atoms. The first-order valence-corrected chi connectivity index (χ1v) is 5.98. The minimum Gasteiger partial charge on any atom is -0.391 e. The third kappa shape index (κ3) is 4.87. The number of unbranched alkanes of at least 4 members (excludes halogenated alkanes) is 2. The van der Waals surface area contributed by atoms with Gasteiger partial charge in [0.05, 0.1) is 0 Å². The van der Waals surface area contributed by atoms with Gasteiger partial charge in [0.1, 0.15) is 0 Å². The summed E-state index contributed by atoms with van der Waals surface area (Å²) in [6.07, 6.45) is 6.70. The fourth-order valence-corrected chi connectivity index (χ4v) is 1.67. The first kappa shape index (κ1) is 12.6. The lowest BCUT2D eigenvalue weighted by Gasteiger charge is -2.04. The molecule has 2 heteroatoms. The van der Waals surface area contributed by atoms with Crippen LogP contribution >= 0.6 is 0 Å². The second-order valence-corrected chi connectivity index (χ2v) is 3.92. The molecule has 1 aromatic rings. The molecule has 0 amide bonds. The Kier molecular flexibility index (Phi) is 6.16. The van der Waals surface area contributed by atoms with Crippen LogP contribution in [0.5, 0.6) is 0 Å². The molecule has 1 aromatic carbocycles. The van der Waals surface area contributed by atoms with E-state index in [0.717, 1.165) is 6.54 Å². The highest BCUT2D eigenvalue weighted by molar-refractivity contribution is 5.43. The molecule has 2 N–H and O–H groups in total. The molecule has 0 saturated heterocycles. The van der Waals surface area contributed by atoms with E-state index < -0.39 is 0 Å². The predicted molar refractivity (Wildman–Crippen MR) is 71.7 cm³/mol. The van der Waals surface area contributed by atoms with Gasteiger partial charge in [-0.05, 0) is 43.2 Å². The Balaban J connectivity index is 2.14. The van der Waals surface area contributed by atoms with Crippen LogP contribution < -0.4 is 10.6 Å². The van der Waals surface area contributed by atoms with Gasteiger partial charge in [-0.2, -0.15) is 0 Å². The third-order valence-electron chi connectivity index (χ3n) is 2.67. The van der Waals surface area contributed by atoms with E-state index in [2.05, 4.69) is 41.5 Å². The van der Waals surface area contributed by atoms with Crippen molar-refractivity contribution in [2.24, 2.45) is 0 Å². The molecular weight excluding hydrogens is 196 g/mol. The average molecular weight is 218 g/mol. The van der Waals surface area contributed by atoms with Crippen LogP contribution in [0.25, 0.3) is 0 Å². The van der Waals surface area contributed by atoms with Crippen molar-refractivity contribution in [1.82, 2.24) is 5.32 Å². The van der Waals surface area contributed by atoms with Crippen LogP contribution in [0.2, 0.25) is 0 Å². The molecule has 16 heavy (non-hydrogen) atoms. The largest absolute Gasteiger partial charge is 0.391 e. The summed E-state index contributed by atoms with van der Waals surface area (Å²) in [5.74, 6) is 0. The van der Waals surface area contributed by atoms with Crippen LogP contribution in [-0.4, -0.2) is 13.6 Å². The highest BCUT2D eigenvalue weighted by Crippen LogP contribution is 2.11. The number of hydrogen-bond acceptors (Lipinski definition) is 2. The molecule has 0 aliphatic rings. The standard InChI is InChI=1S/C14H22N2/c1-3-16-12-6-4-5-7-13-8-10-14(15-2)11-9-13/h3,8-11,15-16H,1,4-7,12H2,2H3. The molecule has 0 fully saturated rings. The summed E-state index contributed by atoms with van der Waals surface area (Å²) in [4.78, 5) is 0. The van der Waals surface area contributed by atoms with Crippen molar-refractivity contribution in [1.29, 1.82) is 0 Å². The summed E-state index contributed by atoms with van der Waals surface area (Å²) >= 11 is 0. The van der Waals surface area contributed by atoms with Gasteiger partial charge in [-0.25, -0.2) is 0 Å². The van der Waals surface area contributed by atoms with Crippen LogP contribution in [0.3, 0.4) is 0 Å². The van der Waals surface area contributed by atoms with Crippen molar-refractivity contribution in [2.75, 3.05) is 18.9 Å². The van der Waals surface area contributed by atoms with Crippen molar-refractivity contribution in [2.45, 2.75) is 25.7 Å². The Morgan fingerprint density at radius 2 is 1.88 bits per heavy atom. The van der Waals surface area contributed by atoms with Gasteiger partial charge >= 0.3 is 0 Å². The van der Waals surface area contributed by atoms with Crippen LogP contribution in [0.1, 0.15) is 24.8 Å². The lowest BCUT2D eigenvalue weighted by Crippen LogP contribution is -2.05.